The van der Waals surface area contributed by atoms with E-state index in [1.165, 1.54) is 0 Å². The maximum Gasteiger partial charge on any atom is 0.328 e. The number of rotatable bonds is 2. The van der Waals surface area contributed by atoms with Crippen molar-refractivity contribution in [1.29, 1.82) is 0 Å². The van der Waals surface area contributed by atoms with Crippen LogP contribution in [0.15, 0.2) is 30.3 Å². The monoisotopic (exact) mass is 147 g/mol. The van der Waals surface area contributed by atoms with Crippen LogP contribution in [0, 0.1) is 0 Å². The number of hydrogen-bond acceptors (Lipinski definition) is 1. The largest absolute Gasteiger partial charge is 0.361 e. The Morgan fingerprint density at radius 2 is 2.18 bits per heavy atom. The number of carbonyl (C=O) groups is 1. The molecular weight excluding hydrogens is 140 g/mol. The predicted octanol–water partition coefficient (Wildman–Crippen LogP) is 1.17. The number of carbonyl (C=O) groups excluding carboxylic acids is 1. The number of hydrogen-bond donors (Lipinski definition) is 0. The maximum absolute atomic E-state index is 11.1. The highest BCUT2D eigenvalue weighted by atomic mass is 16.1. The average molecular weight is 147 g/mol. The van der Waals surface area contributed by atoms with Crippen LogP contribution in [-0.4, -0.2) is 16.8 Å². The second-order valence-corrected chi connectivity index (χ2v) is 1.91. The molecule has 0 aliphatic carbocycles. The van der Waals surface area contributed by atoms with E-state index in [1.807, 2.05) is 0 Å². The van der Waals surface area contributed by atoms with Crippen molar-refractivity contribution < 1.29 is 11.0 Å². The van der Waals surface area contributed by atoms with Crippen LogP contribution in [0.5, 0.6) is 0 Å². The van der Waals surface area contributed by atoms with E-state index in [9.17, 15) is 4.79 Å². The fourth-order valence-electron chi connectivity index (χ4n) is 0.699. The van der Waals surface area contributed by atoms with Crippen molar-refractivity contribution in [3.8, 4) is 0 Å². The first-order valence-electron chi connectivity index (χ1n) is 3.54. The molecule has 0 heterocycles. The molecule has 0 aromatic heterocycles. The highest BCUT2D eigenvalue weighted by Crippen LogP contribution is 1.96. The Kier molecular flexibility index (Phi) is 1.88. The molecule has 0 amide bonds. The van der Waals surface area contributed by atoms with Gasteiger partial charge < -0.3 is 5.53 Å². The minimum absolute atomic E-state index is 0.348. The normalized spacial score (nSPS) is 9.64. The molecular formula is C8H6N2O. The van der Waals surface area contributed by atoms with Gasteiger partial charge in [0.1, 0.15) is 0 Å². The van der Waals surface area contributed by atoms with E-state index in [-0.39, 0.29) is 0 Å². The zero-order chi connectivity index (χ0) is 8.97. The van der Waals surface area contributed by atoms with Gasteiger partial charge in [0.25, 0.3) is 5.78 Å². The van der Waals surface area contributed by atoms with E-state index in [2.05, 4.69) is 4.79 Å². The van der Waals surface area contributed by atoms with Crippen LogP contribution in [0.2, 0.25) is 0 Å². The van der Waals surface area contributed by atoms with Crippen LogP contribution < -0.4 is 0 Å². The fraction of sp³-hybridized carbons (Fsp3) is 0. The average Bonchev–Trinajstić information content (AvgIpc) is 2.17. The Bertz CT molecular complexity index is 341. The predicted molar refractivity (Wildman–Crippen MR) is 40.5 cm³/mol. The second-order valence-electron chi connectivity index (χ2n) is 1.91. The number of benzene rings is 1. The van der Waals surface area contributed by atoms with Crippen molar-refractivity contribution in [3.05, 3.63) is 41.4 Å². The molecule has 54 valence electrons. The summed E-state index contributed by atoms with van der Waals surface area (Å²) in [6, 6.07) is 8.23. The molecule has 1 aromatic rings. The molecule has 3 heteroatoms. The molecule has 11 heavy (non-hydrogen) atoms. The van der Waals surface area contributed by atoms with Gasteiger partial charge in [-0.1, -0.05) is 30.3 Å². The Balaban J connectivity index is 3.02. The van der Waals surface area contributed by atoms with Gasteiger partial charge in [-0.3, -0.25) is 4.79 Å². The number of Topliss-reactive ketones (excluding diaryl/α,β-unsaturated/α-hetero) is 1. The molecule has 0 atom stereocenters. The summed E-state index contributed by atoms with van der Waals surface area (Å²) in [4.78, 5) is 13.6. The van der Waals surface area contributed by atoms with Gasteiger partial charge in [-0.2, -0.15) is 4.79 Å². The molecule has 1 aromatic carbocycles. The Morgan fingerprint density at radius 3 is 2.73 bits per heavy atom. The third-order valence-electron chi connectivity index (χ3n) is 1.19. The number of ketones is 1. The van der Waals surface area contributed by atoms with Gasteiger partial charge in [0, 0.05) is 5.56 Å². The minimum Gasteiger partial charge on any atom is -0.361 e. The van der Waals surface area contributed by atoms with Gasteiger partial charge in [-0.15, -0.1) is 0 Å². The lowest BCUT2D eigenvalue weighted by Crippen LogP contribution is -1.99. The SMILES string of the molecule is [2H]C(=[N+]=[N-])C(=O)c1ccccc1. The van der Waals surface area contributed by atoms with E-state index in [0.29, 0.717) is 5.56 Å². The summed E-state index contributed by atoms with van der Waals surface area (Å²) in [5, 5.41) is 0. The van der Waals surface area contributed by atoms with Gasteiger partial charge in [0.15, 0.2) is 1.37 Å². The van der Waals surface area contributed by atoms with Crippen molar-refractivity contribution >= 4 is 12.0 Å². The Hall–Kier alpha value is -1.73. The lowest BCUT2D eigenvalue weighted by molar-refractivity contribution is 0.00235. The van der Waals surface area contributed by atoms with Gasteiger partial charge in [0.2, 0.25) is 0 Å². The molecule has 0 unspecified atom stereocenters. The molecule has 0 radical (unpaired) electrons. The van der Waals surface area contributed by atoms with Gasteiger partial charge in [-0.05, 0) is 0 Å². The topological polar surface area (TPSA) is 53.5 Å². The van der Waals surface area contributed by atoms with Crippen molar-refractivity contribution in [2.75, 3.05) is 0 Å². The summed E-state index contributed by atoms with van der Waals surface area (Å²) < 4.78 is 6.91. The summed E-state index contributed by atoms with van der Waals surface area (Å²) in [5.41, 5.74) is 8.49. The summed E-state index contributed by atoms with van der Waals surface area (Å²) >= 11 is 0. The third-order valence-corrected chi connectivity index (χ3v) is 1.19. The van der Waals surface area contributed by atoms with E-state index in [1.54, 1.807) is 30.3 Å². The fourth-order valence-corrected chi connectivity index (χ4v) is 0.699. The Morgan fingerprint density at radius 1 is 1.55 bits per heavy atom. The lowest BCUT2D eigenvalue weighted by atomic mass is 10.1. The first-order valence-corrected chi connectivity index (χ1v) is 3.04. The first kappa shape index (κ1) is 6.01. The van der Waals surface area contributed by atoms with Crippen LogP contribution in [0.1, 0.15) is 11.7 Å². The number of nitrogens with zero attached hydrogens (tertiary/aromatic N) is 2. The smallest absolute Gasteiger partial charge is 0.328 e. The summed E-state index contributed by atoms with van der Waals surface area (Å²) in [7, 11) is 0. The summed E-state index contributed by atoms with van der Waals surface area (Å²) in [6.07, 6.45) is -0.652. The zero-order valence-corrected chi connectivity index (χ0v) is 5.69. The third kappa shape index (κ3) is 1.85. The molecule has 0 bridgehead atoms. The van der Waals surface area contributed by atoms with Gasteiger partial charge in [-0.25, -0.2) is 0 Å². The molecule has 0 fully saturated rings. The van der Waals surface area contributed by atoms with E-state index < -0.39 is 12.0 Å². The van der Waals surface area contributed by atoms with Crippen LogP contribution in [-0.2, 0) is 0 Å². The quantitative estimate of drug-likeness (QED) is 0.268. The Labute approximate surface area is 65.3 Å². The standard InChI is InChI=1S/C8H6N2O/c9-10-6-8(11)7-4-2-1-3-5-7/h1-6H/i6D. The minimum atomic E-state index is -0.652. The zero-order valence-electron chi connectivity index (χ0n) is 6.69. The van der Waals surface area contributed by atoms with E-state index in [4.69, 9.17) is 6.90 Å². The molecule has 0 N–H and O–H groups in total. The molecule has 1 rings (SSSR count). The molecule has 0 aliphatic rings. The molecule has 0 saturated heterocycles. The highest BCUT2D eigenvalue weighted by Gasteiger charge is 2.03. The molecule has 3 nitrogen and oxygen atoms in total. The van der Waals surface area contributed by atoms with E-state index >= 15 is 0 Å². The molecule has 0 aliphatic heterocycles. The van der Waals surface area contributed by atoms with Crippen LogP contribution in [0.25, 0.3) is 5.53 Å². The maximum atomic E-state index is 11.1. The van der Waals surface area contributed by atoms with Crippen molar-refractivity contribution in [2.45, 2.75) is 0 Å². The lowest BCUT2D eigenvalue weighted by Gasteiger charge is -1.87. The van der Waals surface area contributed by atoms with Crippen molar-refractivity contribution in [1.82, 2.24) is 0 Å². The van der Waals surface area contributed by atoms with Gasteiger partial charge in [0.05, 0.1) is 0 Å². The van der Waals surface area contributed by atoms with Crippen molar-refractivity contribution in [2.24, 2.45) is 0 Å². The second kappa shape index (κ2) is 3.44. The van der Waals surface area contributed by atoms with E-state index in [0.717, 1.165) is 0 Å². The van der Waals surface area contributed by atoms with Crippen LogP contribution in [0.4, 0.5) is 0 Å². The van der Waals surface area contributed by atoms with Gasteiger partial charge >= 0.3 is 6.19 Å². The van der Waals surface area contributed by atoms with Crippen molar-refractivity contribution in [3.63, 3.8) is 0 Å². The summed E-state index contributed by atoms with van der Waals surface area (Å²) in [6.45, 7) is 0. The molecule has 0 saturated carbocycles. The first-order chi connectivity index (χ1) is 5.75. The molecule has 0 spiro atoms. The highest BCUT2D eigenvalue weighted by molar-refractivity contribution is 6.33. The summed E-state index contributed by atoms with van der Waals surface area (Å²) in [5.74, 6) is -0.585. The van der Waals surface area contributed by atoms with Crippen LogP contribution >= 0.6 is 0 Å². The van der Waals surface area contributed by atoms with Crippen LogP contribution in [0.3, 0.4) is 0 Å².